The molecule has 0 saturated carbocycles. The molecule has 2 aliphatic rings. The summed E-state index contributed by atoms with van der Waals surface area (Å²) in [5.41, 5.74) is 6.82. The van der Waals surface area contributed by atoms with Crippen LogP contribution in [0.1, 0.15) is 217 Å². The Morgan fingerprint density at radius 1 is 0.293 bits per heavy atom. The summed E-state index contributed by atoms with van der Waals surface area (Å²) in [6.07, 6.45) is -7.60. The molecule has 0 radical (unpaired) electrons. The van der Waals surface area contributed by atoms with Crippen molar-refractivity contribution in [1.82, 2.24) is 9.13 Å². The molecule has 0 spiro atoms. The van der Waals surface area contributed by atoms with Gasteiger partial charge in [-0.05, 0) is 232 Å². The fourth-order valence-electron chi connectivity index (χ4n) is 17.1. The molecule has 4 nitrogen and oxygen atoms in total. The Labute approximate surface area is 726 Å². The minimum absolute atomic E-state index is 0.156. The SMILES string of the molecule is [2H]c1c([2H])c([2H])c2c(c1[2H])c1c([2H])c([2H])c([2H])c([2H])c1n2-c1ccc2c(c1)N(c1c(-c3cccc(C([2H])([2H])C(C)(C)C)c3)cc(C(C)(C)C)cc1-c1cccc(C([2H])([2H])C(C)(C)C)c1)c1cc(CC(C)(C)C)cc3c1B2c1ccc(-n2c4c([2H])c([2H])c([2H])c([2H])c4c4c([2H])c([2H])c([2H])c([2H])c42)cc1N3c1c(-c2cccc(C([2H])([2H])C(C)(C)C)c2)cc(C(C)(C)C)cc1-c1cccc(C([2H])([2H])C(C)(C)C)c1. The predicted molar refractivity (Wildman–Crippen MR) is 504 cm³/mol. The van der Waals surface area contributed by atoms with E-state index in [-0.39, 0.29) is 55.0 Å². The smallest absolute Gasteiger partial charge is 0.252 e. The molecule has 116 heavy (non-hydrogen) atoms. The maximum atomic E-state index is 10.1. The topological polar surface area (TPSA) is 16.3 Å². The van der Waals surface area contributed by atoms with Crippen LogP contribution in [0.25, 0.3) is 99.5 Å². The lowest BCUT2D eigenvalue weighted by Crippen LogP contribution is -2.61. The van der Waals surface area contributed by atoms with Crippen LogP contribution >= 0.6 is 0 Å². The number of para-hydroxylation sites is 4. The van der Waals surface area contributed by atoms with E-state index in [2.05, 4.69) is 109 Å². The number of anilines is 6. The number of benzene rings is 13. The molecule has 15 aromatic rings. The Kier molecular flexibility index (Phi) is 13.3. The molecule has 0 unspecified atom stereocenters. The van der Waals surface area contributed by atoms with Crippen LogP contribution in [0.3, 0.4) is 0 Å². The van der Waals surface area contributed by atoms with Gasteiger partial charge < -0.3 is 18.9 Å². The van der Waals surface area contributed by atoms with E-state index in [0.29, 0.717) is 124 Å². The molecule has 0 amide bonds. The van der Waals surface area contributed by atoms with Gasteiger partial charge in [0.1, 0.15) is 0 Å². The van der Waals surface area contributed by atoms with Crippen molar-refractivity contribution < 1.29 is 32.9 Å². The van der Waals surface area contributed by atoms with Crippen LogP contribution in [0.4, 0.5) is 34.1 Å². The van der Waals surface area contributed by atoms with Crippen molar-refractivity contribution in [3.63, 3.8) is 0 Å². The number of aromatic nitrogens is 2. The normalized spacial score (nSPS) is 17.0. The van der Waals surface area contributed by atoms with E-state index in [9.17, 15) is 32.9 Å². The van der Waals surface area contributed by atoms with Gasteiger partial charge in [0.15, 0.2) is 0 Å². The summed E-state index contributed by atoms with van der Waals surface area (Å²) in [6, 6.07) is 44.4. The summed E-state index contributed by atoms with van der Waals surface area (Å²) in [4.78, 5) is 4.37. The lowest BCUT2D eigenvalue weighted by atomic mass is 9.33. The van der Waals surface area contributed by atoms with Crippen molar-refractivity contribution in [1.29, 1.82) is 0 Å². The van der Waals surface area contributed by atoms with Gasteiger partial charge in [0.25, 0.3) is 6.71 Å². The van der Waals surface area contributed by atoms with E-state index < -0.39 is 167 Å². The van der Waals surface area contributed by atoms with Crippen molar-refractivity contribution >= 4 is 101 Å². The average Bonchev–Trinajstić information content (AvgIpc) is 1.69. The standard InChI is InChI=1S/C111H117BN4/c1-105(2,3)66-71-34-30-38-76(54-71)88-60-80(110(16,17)18)61-89(77-39-31-35-72(55-77)67-106(4,5)6)103(88)115-98-64-82(113-94-46-26-22-42-84(94)85-43-23-27-47-95(85)113)50-52-92(98)112-93-53-51-83(114-96-48-28-24-44-86(96)87-45-25-29-49-97(87)114)65-99(93)116(101-59-75(70-109(13,14)15)58-100(115)102(101)112)104-90(78-40-32-36-73(56-78)68-107(7,8)9)62-81(111(19,20)21)63-91(104)79-41-33-37-74(57-79)69-108(10,11)12/h22-65H,66-70H2,1-21H3/i22D,23D,24D,25D,26D,27D,28D,29D,42D,43D,44D,45D,46D,47D,48D,49D,66D2,67D2,68D2,69D2. The Bertz CT molecular complexity index is 7020. The number of rotatable bonds is 13. The van der Waals surface area contributed by atoms with Gasteiger partial charge in [-0.15, -0.1) is 0 Å². The van der Waals surface area contributed by atoms with Crippen LogP contribution < -0.4 is 26.2 Å². The van der Waals surface area contributed by atoms with Crippen molar-refractivity contribution in [2.75, 3.05) is 9.80 Å². The molecular formula is C111H117BN4. The van der Waals surface area contributed by atoms with E-state index in [1.54, 1.807) is 36.4 Å². The lowest BCUT2D eigenvalue weighted by Gasteiger charge is -2.46. The lowest BCUT2D eigenvalue weighted by molar-refractivity contribution is 0.411. The van der Waals surface area contributed by atoms with E-state index >= 15 is 0 Å². The van der Waals surface area contributed by atoms with Crippen molar-refractivity contribution in [2.24, 2.45) is 27.1 Å². The molecule has 17 rings (SSSR count). The van der Waals surface area contributed by atoms with Crippen LogP contribution in [-0.4, -0.2) is 15.8 Å². The van der Waals surface area contributed by atoms with E-state index in [4.69, 9.17) is 0 Å². The van der Waals surface area contributed by atoms with Crippen LogP contribution in [-0.2, 0) is 42.7 Å². The van der Waals surface area contributed by atoms with Gasteiger partial charge in [-0.1, -0.05) is 327 Å². The molecule has 584 valence electrons. The third-order valence-electron chi connectivity index (χ3n) is 21.6. The first-order chi connectivity index (χ1) is 64.6. The molecule has 0 fully saturated rings. The Morgan fingerprint density at radius 3 is 0.845 bits per heavy atom. The maximum Gasteiger partial charge on any atom is 0.252 e. The minimum atomic E-state index is -1.98. The number of fused-ring (bicyclic) bond motifs is 10. The zero-order chi connectivity index (χ0) is 103. The van der Waals surface area contributed by atoms with E-state index in [1.807, 2.05) is 180 Å². The van der Waals surface area contributed by atoms with Gasteiger partial charge in [0.2, 0.25) is 0 Å². The highest BCUT2D eigenvalue weighted by molar-refractivity contribution is 7.00. The molecule has 0 bridgehead atoms. The molecule has 0 saturated heterocycles. The molecule has 2 aliphatic heterocycles. The van der Waals surface area contributed by atoms with Gasteiger partial charge in [-0.25, -0.2) is 0 Å². The Hall–Kier alpha value is -10.9. The van der Waals surface area contributed by atoms with Gasteiger partial charge in [-0.3, -0.25) is 0 Å². The summed E-state index contributed by atoms with van der Waals surface area (Å²) in [5.74, 6) is 0. The van der Waals surface area contributed by atoms with Gasteiger partial charge in [-0.2, -0.15) is 0 Å². The van der Waals surface area contributed by atoms with Crippen molar-refractivity contribution in [2.45, 2.75) is 188 Å². The molecule has 4 heterocycles. The van der Waals surface area contributed by atoms with E-state index in [1.165, 1.54) is 9.13 Å². The summed E-state index contributed by atoms with van der Waals surface area (Å²) >= 11 is 0. The van der Waals surface area contributed by atoms with Crippen LogP contribution in [0.15, 0.2) is 267 Å². The van der Waals surface area contributed by atoms with Crippen LogP contribution in [0.5, 0.6) is 0 Å². The zero-order valence-electron chi connectivity index (χ0n) is 94.7. The molecule has 2 aromatic heterocycles. The van der Waals surface area contributed by atoms with Gasteiger partial charge >= 0.3 is 0 Å². The first-order valence-electron chi connectivity index (χ1n) is 52.5. The van der Waals surface area contributed by atoms with E-state index in [0.717, 1.165) is 16.7 Å². The quantitative estimate of drug-likeness (QED) is 0.107. The summed E-state index contributed by atoms with van der Waals surface area (Å²) in [7, 11) is 0. The fraction of sp³-hybridized carbons (Fsp3) is 0.297. The third-order valence-corrected chi connectivity index (χ3v) is 21.6. The highest BCUT2D eigenvalue weighted by atomic mass is 15.2. The second-order valence-corrected chi connectivity index (χ2v) is 39.1. The Morgan fingerprint density at radius 2 is 0.578 bits per heavy atom. The van der Waals surface area contributed by atoms with Crippen molar-refractivity contribution in [3.8, 4) is 55.9 Å². The number of nitrogens with zero attached hydrogens (tertiary/aromatic N) is 4. The van der Waals surface area contributed by atoms with Crippen LogP contribution in [0, 0.1) is 27.1 Å². The average molecular weight is 1540 g/mol. The molecule has 0 atom stereocenters. The van der Waals surface area contributed by atoms with Gasteiger partial charge in [0, 0.05) is 88.9 Å². The van der Waals surface area contributed by atoms with Crippen LogP contribution in [0.2, 0.25) is 0 Å². The second kappa shape index (κ2) is 28.5. The highest BCUT2D eigenvalue weighted by Gasteiger charge is 2.47. The monoisotopic (exact) mass is 1540 g/mol. The largest absolute Gasteiger partial charge is 0.310 e. The molecule has 5 heteroatoms. The molecule has 0 aliphatic carbocycles. The predicted octanol–water partition coefficient (Wildman–Crippen LogP) is 29.2. The number of hydrogen-bond acceptors (Lipinski definition) is 2. The first-order valence-corrected chi connectivity index (χ1v) is 40.5. The molecule has 0 N–H and O–H groups in total. The fourth-order valence-corrected chi connectivity index (χ4v) is 17.1. The summed E-state index contributed by atoms with van der Waals surface area (Å²) < 4.78 is 238. The highest BCUT2D eigenvalue weighted by Crippen LogP contribution is 2.56. The first kappa shape index (κ1) is 54.1. The summed E-state index contributed by atoms with van der Waals surface area (Å²) in [5, 5.41) is -0.660. The van der Waals surface area contributed by atoms with Gasteiger partial charge in [0.05, 0.1) is 55.4 Å². The zero-order valence-corrected chi connectivity index (χ0v) is 70.7. The number of hydrogen-bond donors (Lipinski definition) is 0. The Balaban J connectivity index is 1.16. The van der Waals surface area contributed by atoms with Crippen molar-refractivity contribution in [3.05, 3.63) is 305 Å². The third kappa shape index (κ3) is 15.0. The minimum Gasteiger partial charge on any atom is -0.310 e. The molecule has 13 aromatic carbocycles. The maximum absolute atomic E-state index is 10.1. The summed E-state index contributed by atoms with van der Waals surface area (Å²) in [6.45, 7) is 40.2. The molecular weight excluding hydrogens is 1400 g/mol. The second-order valence-electron chi connectivity index (χ2n) is 39.1.